The number of hydrogen-bond acceptors (Lipinski definition) is 4. The first kappa shape index (κ1) is 16.4. The zero-order valence-corrected chi connectivity index (χ0v) is 13.6. The highest BCUT2D eigenvalue weighted by Gasteiger charge is 2.17. The predicted molar refractivity (Wildman–Crippen MR) is 91.3 cm³/mol. The summed E-state index contributed by atoms with van der Waals surface area (Å²) in [5.41, 5.74) is 3.09. The maximum atomic E-state index is 9.01. The Kier molecular flexibility index (Phi) is 5.23. The van der Waals surface area contributed by atoms with Crippen LogP contribution in [-0.2, 0) is 4.74 Å². The Hall–Kier alpha value is -2.98. The fourth-order valence-corrected chi connectivity index (χ4v) is 2.34. The molecule has 0 amide bonds. The highest BCUT2D eigenvalue weighted by atomic mass is 16.5. The summed E-state index contributed by atoms with van der Waals surface area (Å²) in [6.07, 6.45) is 6.12. The fraction of sp³-hybridized carbons (Fsp3) is 0.263. The summed E-state index contributed by atoms with van der Waals surface area (Å²) in [6.45, 7) is 1.93. The molecule has 0 radical (unpaired) electrons. The lowest BCUT2D eigenvalue weighted by molar-refractivity contribution is 0.133. The Balaban J connectivity index is 2.23. The van der Waals surface area contributed by atoms with E-state index in [1.54, 1.807) is 6.08 Å². The highest BCUT2D eigenvalue weighted by Crippen LogP contribution is 2.25. The minimum absolute atomic E-state index is 0.0533. The molecule has 23 heavy (non-hydrogen) atoms. The molecule has 2 rings (SSSR count). The van der Waals surface area contributed by atoms with Crippen molar-refractivity contribution in [2.45, 2.75) is 19.4 Å². The number of nitriles is 2. The molecule has 0 saturated carbocycles. The molecular weight excluding hydrogens is 286 g/mol. The minimum Gasteiger partial charge on any atom is -0.490 e. The van der Waals surface area contributed by atoms with Crippen LogP contribution in [0, 0.1) is 22.7 Å². The lowest BCUT2D eigenvalue weighted by Crippen LogP contribution is -2.13. The zero-order valence-electron chi connectivity index (χ0n) is 13.6. The van der Waals surface area contributed by atoms with Crippen LogP contribution in [0.1, 0.15) is 18.9 Å². The van der Waals surface area contributed by atoms with Gasteiger partial charge in [-0.25, -0.2) is 0 Å². The molecule has 0 fully saturated rings. The maximum Gasteiger partial charge on any atom is 0.133 e. The van der Waals surface area contributed by atoms with Gasteiger partial charge < -0.3 is 9.64 Å². The van der Waals surface area contributed by atoms with Gasteiger partial charge in [0, 0.05) is 26.2 Å². The van der Waals surface area contributed by atoms with Crippen LogP contribution in [0.3, 0.4) is 0 Å². The lowest BCUT2D eigenvalue weighted by Gasteiger charge is -2.21. The molecule has 4 nitrogen and oxygen atoms in total. The molecule has 0 N–H and O–H groups in total. The maximum absolute atomic E-state index is 9.01. The summed E-state index contributed by atoms with van der Waals surface area (Å²) < 4.78 is 5.75. The van der Waals surface area contributed by atoms with E-state index in [9.17, 15) is 0 Å². The monoisotopic (exact) mass is 305 g/mol. The quantitative estimate of drug-likeness (QED) is 0.797. The Bertz CT molecular complexity index is 724. The number of allylic oxidation sites excluding steroid dienone is 3. The molecule has 1 aliphatic rings. The largest absolute Gasteiger partial charge is 0.490 e. The van der Waals surface area contributed by atoms with E-state index in [1.165, 1.54) is 0 Å². The van der Waals surface area contributed by atoms with Crippen molar-refractivity contribution >= 4 is 11.8 Å². The van der Waals surface area contributed by atoms with Gasteiger partial charge in [0.1, 0.15) is 23.5 Å². The number of nitrogens with zero attached hydrogens (tertiary/aromatic N) is 3. The summed E-state index contributed by atoms with van der Waals surface area (Å²) in [5, 5.41) is 18.0. The number of anilines is 1. The van der Waals surface area contributed by atoms with Gasteiger partial charge in [-0.1, -0.05) is 18.2 Å². The summed E-state index contributed by atoms with van der Waals surface area (Å²) in [6, 6.07) is 12.0. The number of benzene rings is 1. The summed E-state index contributed by atoms with van der Waals surface area (Å²) in [4.78, 5) is 2.05. The number of ether oxygens (including phenoxy) is 1. The highest BCUT2D eigenvalue weighted by molar-refractivity contribution is 5.58. The molecule has 1 unspecified atom stereocenters. The van der Waals surface area contributed by atoms with Crippen molar-refractivity contribution in [2.75, 3.05) is 19.0 Å². The second-order valence-electron chi connectivity index (χ2n) is 5.62. The van der Waals surface area contributed by atoms with Crippen molar-refractivity contribution in [1.29, 1.82) is 10.5 Å². The minimum atomic E-state index is -0.0533. The number of rotatable bonds is 3. The van der Waals surface area contributed by atoms with Gasteiger partial charge in [0.05, 0.1) is 6.10 Å². The van der Waals surface area contributed by atoms with E-state index in [1.807, 2.05) is 74.5 Å². The third-order valence-corrected chi connectivity index (χ3v) is 3.56. The van der Waals surface area contributed by atoms with Crippen LogP contribution in [-0.4, -0.2) is 20.2 Å². The topological polar surface area (TPSA) is 60.0 Å². The van der Waals surface area contributed by atoms with Crippen LogP contribution in [0.25, 0.3) is 6.08 Å². The van der Waals surface area contributed by atoms with Crippen LogP contribution in [0.4, 0.5) is 5.69 Å². The molecular formula is C19H19N3O. The Morgan fingerprint density at radius 2 is 1.83 bits per heavy atom. The first-order chi connectivity index (χ1) is 11.0. The molecule has 1 heterocycles. The SMILES string of the molecule is CC1CC(=C(C#N)C#N)C=C(/C=C/c2ccc(N(C)C)cc2)O1. The summed E-state index contributed by atoms with van der Waals surface area (Å²) in [7, 11) is 4.01. The molecule has 1 atom stereocenters. The van der Waals surface area contributed by atoms with Gasteiger partial charge in [-0.3, -0.25) is 0 Å². The third-order valence-electron chi connectivity index (χ3n) is 3.56. The lowest BCUT2D eigenvalue weighted by atomic mass is 10.00. The van der Waals surface area contributed by atoms with Gasteiger partial charge in [0.15, 0.2) is 0 Å². The standard InChI is InChI=1S/C19H19N3O/c1-14-10-16(17(12-20)13-21)11-19(23-14)9-6-15-4-7-18(8-5-15)22(2)3/h4-9,11,14H,10H2,1-3H3/b9-6+. The molecule has 1 aliphatic heterocycles. The Morgan fingerprint density at radius 1 is 1.17 bits per heavy atom. The van der Waals surface area contributed by atoms with E-state index >= 15 is 0 Å². The van der Waals surface area contributed by atoms with Gasteiger partial charge in [0.25, 0.3) is 0 Å². The van der Waals surface area contributed by atoms with Gasteiger partial charge in [-0.05, 0) is 42.3 Å². The Morgan fingerprint density at radius 3 is 2.39 bits per heavy atom. The van der Waals surface area contributed by atoms with Crippen molar-refractivity contribution in [3.63, 3.8) is 0 Å². The average molecular weight is 305 g/mol. The van der Waals surface area contributed by atoms with E-state index in [0.29, 0.717) is 12.2 Å². The second kappa shape index (κ2) is 7.33. The normalized spacial score (nSPS) is 17.0. The molecule has 0 bridgehead atoms. The smallest absolute Gasteiger partial charge is 0.133 e. The molecule has 1 aromatic carbocycles. The van der Waals surface area contributed by atoms with Crippen molar-refractivity contribution in [3.05, 3.63) is 58.9 Å². The second-order valence-corrected chi connectivity index (χ2v) is 5.62. The van der Waals surface area contributed by atoms with Crippen LogP contribution >= 0.6 is 0 Å². The van der Waals surface area contributed by atoms with E-state index in [4.69, 9.17) is 15.3 Å². The van der Waals surface area contributed by atoms with E-state index in [2.05, 4.69) is 0 Å². The first-order valence-electron chi connectivity index (χ1n) is 7.40. The average Bonchev–Trinajstić information content (AvgIpc) is 2.54. The van der Waals surface area contributed by atoms with Crippen molar-refractivity contribution in [3.8, 4) is 12.1 Å². The summed E-state index contributed by atoms with van der Waals surface area (Å²) >= 11 is 0. The molecule has 0 spiro atoms. The zero-order chi connectivity index (χ0) is 16.8. The molecule has 4 heteroatoms. The molecule has 1 aromatic rings. The predicted octanol–water partition coefficient (Wildman–Crippen LogP) is 3.80. The van der Waals surface area contributed by atoms with E-state index in [-0.39, 0.29) is 11.7 Å². The van der Waals surface area contributed by atoms with Crippen LogP contribution in [0.2, 0.25) is 0 Å². The van der Waals surface area contributed by atoms with Gasteiger partial charge in [0.2, 0.25) is 0 Å². The van der Waals surface area contributed by atoms with E-state index in [0.717, 1.165) is 16.8 Å². The molecule has 0 aromatic heterocycles. The molecule has 0 aliphatic carbocycles. The van der Waals surface area contributed by atoms with Crippen LogP contribution in [0.15, 0.2) is 53.3 Å². The van der Waals surface area contributed by atoms with E-state index < -0.39 is 0 Å². The van der Waals surface area contributed by atoms with Crippen molar-refractivity contribution in [1.82, 2.24) is 0 Å². The van der Waals surface area contributed by atoms with Crippen molar-refractivity contribution < 1.29 is 4.74 Å². The molecule has 0 saturated heterocycles. The Labute approximate surface area is 137 Å². The van der Waals surface area contributed by atoms with Gasteiger partial charge in [-0.15, -0.1) is 0 Å². The van der Waals surface area contributed by atoms with Crippen LogP contribution in [0.5, 0.6) is 0 Å². The van der Waals surface area contributed by atoms with Crippen LogP contribution < -0.4 is 4.90 Å². The van der Waals surface area contributed by atoms with Crippen molar-refractivity contribution in [2.24, 2.45) is 0 Å². The molecule has 116 valence electrons. The fourth-order valence-electron chi connectivity index (χ4n) is 2.34. The number of hydrogen-bond donors (Lipinski definition) is 0. The van der Waals surface area contributed by atoms with Gasteiger partial charge >= 0.3 is 0 Å². The van der Waals surface area contributed by atoms with Gasteiger partial charge in [-0.2, -0.15) is 10.5 Å². The summed E-state index contributed by atoms with van der Waals surface area (Å²) in [5.74, 6) is 0.665. The third kappa shape index (κ3) is 4.25. The first-order valence-corrected chi connectivity index (χ1v) is 7.40.